The van der Waals surface area contributed by atoms with E-state index in [4.69, 9.17) is 5.11 Å². The molecule has 0 heterocycles. The van der Waals surface area contributed by atoms with E-state index in [-0.39, 0.29) is 0 Å². The van der Waals surface area contributed by atoms with E-state index in [1.807, 2.05) is 0 Å². The fourth-order valence-electron chi connectivity index (χ4n) is 0.886. The zero-order chi connectivity index (χ0) is 10.0. The molecule has 0 aromatic heterocycles. The Bertz CT molecular complexity index is 413. The fraction of sp³-hybridized carbons (Fsp3) is 0.125. The van der Waals surface area contributed by atoms with Crippen LogP contribution in [0.5, 0.6) is 5.75 Å². The summed E-state index contributed by atoms with van der Waals surface area (Å²) in [7, 11) is 0. The summed E-state index contributed by atoms with van der Waals surface area (Å²) in [5, 5.41) is 19.4. The fourth-order valence-corrected chi connectivity index (χ4v) is 0.886. The molecule has 0 aliphatic rings. The number of aromatic hydroxyl groups is 1. The van der Waals surface area contributed by atoms with Crippen molar-refractivity contribution < 1.29 is 10.0 Å². The van der Waals surface area contributed by atoms with Crippen molar-refractivity contribution in [2.45, 2.75) is 6.92 Å². The van der Waals surface area contributed by atoms with Crippen LogP contribution in [0.25, 0.3) is 0 Å². The smallest absolute Gasteiger partial charge is 0.314 e. The van der Waals surface area contributed by atoms with Crippen LogP contribution in [0.1, 0.15) is 5.56 Å². The first-order valence-electron chi connectivity index (χ1n) is 3.50. The quantitative estimate of drug-likeness (QED) is 0.517. The Balaban J connectivity index is 3.59. The van der Waals surface area contributed by atoms with Crippen molar-refractivity contribution in [1.82, 2.24) is 0 Å². The molecule has 0 aliphatic carbocycles. The molecule has 1 aromatic carbocycles. The minimum absolute atomic E-state index is 0.563. The molecule has 0 spiro atoms. The van der Waals surface area contributed by atoms with Crippen molar-refractivity contribution in [2.75, 3.05) is 0 Å². The summed E-state index contributed by atoms with van der Waals surface area (Å²) >= 11 is 0. The van der Waals surface area contributed by atoms with E-state index in [9.17, 15) is 14.9 Å². The van der Waals surface area contributed by atoms with Gasteiger partial charge in [0.15, 0.2) is 0 Å². The first kappa shape index (κ1) is 9.18. The minimum atomic E-state index is -0.821. The Hall–Kier alpha value is -1.91. The normalized spacial score (nSPS) is 9.62. The average Bonchev–Trinajstić information content (AvgIpc) is 2.13. The van der Waals surface area contributed by atoms with Crippen LogP contribution >= 0.6 is 0 Å². The predicted molar refractivity (Wildman–Crippen MR) is 45.8 cm³/mol. The van der Waals surface area contributed by atoms with Crippen molar-refractivity contribution in [1.29, 1.82) is 0 Å². The van der Waals surface area contributed by atoms with Crippen LogP contribution in [0.3, 0.4) is 0 Å². The number of rotatable bonds is 1. The molecule has 5 nitrogen and oxygen atoms in total. The van der Waals surface area contributed by atoms with Gasteiger partial charge in [0.1, 0.15) is 0 Å². The van der Waals surface area contributed by atoms with E-state index in [2.05, 4.69) is 0 Å². The third-order valence-corrected chi connectivity index (χ3v) is 1.54. The maximum absolute atomic E-state index is 11.0. The maximum Gasteiger partial charge on any atom is 0.314 e. The second-order valence-electron chi connectivity index (χ2n) is 2.58. The lowest BCUT2D eigenvalue weighted by molar-refractivity contribution is -0.385. The summed E-state index contributed by atoms with van der Waals surface area (Å²) < 4.78 is 0. The third-order valence-electron chi connectivity index (χ3n) is 1.54. The highest BCUT2D eigenvalue weighted by molar-refractivity contribution is 5.44. The van der Waals surface area contributed by atoms with Gasteiger partial charge in [0.05, 0.1) is 4.92 Å². The van der Waals surface area contributed by atoms with Gasteiger partial charge in [0.25, 0.3) is 0 Å². The molecule has 1 N–H and O–H groups in total. The lowest BCUT2D eigenvalue weighted by atomic mass is 10.3. The zero-order valence-corrected chi connectivity index (χ0v) is 6.85. The Morgan fingerprint density at radius 2 is 2.08 bits per heavy atom. The summed E-state index contributed by atoms with van der Waals surface area (Å²) in [4.78, 5) is 20.5. The van der Waals surface area contributed by atoms with E-state index >= 15 is 0 Å². The average molecular weight is 181 g/mol. The summed E-state index contributed by atoms with van der Waals surface area (Å²) in [6.07, 6.45) is 0. The van der Waals surface area contributed by atoms with Gasteiger partial charge in [-0.15, -0.1) is 0 Å². The lowest BCUT2D eigenvalue weighted by Crippen LogP contribution is -1.97. The van der Waals surface area contributed by atoms with Gasteiger partial charge in [-0.25, -0.2) is 0 Å². The van der Waals surface area contributed by atoms with Crippen molar-refractivity contribution in [2.24, 2.45) is 0 Å². The van der Waals surface area contributed by atoms with Crippen molar-refractivity contribution in [3.63, 3.8) is 0 Å². The van der Waals surface area contributed by atoms with Gasteiger partial charge in [-0.2, -0.15) is 0 Å². The molecule has 0 atom stereocenters. The van der Waals surface area contributed by atoms with Crippen molar-refractivity contribution in [3.05, 3.63) is 44.1 Å². The van der Waals surface area contributed by atoms with Crippen LogP contribution in [0.4, 0.5) is 5.69 Å². The summed E-state index contributed by atoms with van der Waals surface area (Å²) in [5.41, 5.74) is -0.749. The second kappa shape index (κ2) is 3.22. The predicted octanol–water partition coefficient (Wildman–Crippen LogP) is 0.969. The molecule has 0 radical (unpaired) electrons. The number of nitro groups is 1. The largest absolute Gasteiger partial charge is 0.499 e. The van der Waals surface area contributed by atoms with Crippen LogP contribution in [0, 0.1) is 17.0 Å². The van der Waals surface area contributed by atoms with E-state index in [1.54, 1.807) is 6.92 Å². The van der Waals surface area contributed by atoms with Gasteiger partial charge < -0.3 is 5.11 Å². The second-order valence-corrected chi connectivity index (χ2v) is 2.58. The monoisotopic (exact) mass is 181 g/mol. The van der Waals surface area contributed by atoms with Gasteiger partial charge >= 0.3 is 5.69 Å². The molecular weight excluding hydrogens is 174 g/mol. The molecule has 5 heteroatoms. The number of hydrogen-bond donors (Lipinski definition) is 1. The standard InChI is InChI=1S/C8H7NO4/c1-5-2-3-6(9(12)13)8(11)7(10)4-5/h2-4H,1H3,(H,10,11). The van der Waals surface area contributed by atoms with Crippen LogP contribution in [0.2, 0.25) is 0 Å². The molecule has 0 saturated carbocycles. The Kier molecular flexibility index (Phi) is 2.27. The molecule has 0 amide bonds. The highest BCUT2D eigenvalue weighted by Gasteiger charge is 2.13. The summed E-state index contributed by atoms with van der Waals surface area (Å²) in [6.45, 7) is 1.62. The number of aryl methyl sites for hydroxylation is 1. The van der Waals surface area contributed by atoms with E-state index in [0.717, 1.165) is 12.1 Å². The molecule has 0 unspecified atom stereocenters. The van der Waals surface area contributed by atoms with Gasteiger partial charge in [-0.3, -0.25) is 14.9 Å². The van der Waals surface area contributed by atoms with Crippen molar-refractivity contribution >= 4 is 5.69 Å². The Morgan fingerprint density at radius 3 is 2.62 bits per heavy atom. The van der Waals surface area contributed by atoms with Crippen LogP contribution in [-0.4, -0.2) is 10.0 Å². The van der Waals surface area contributed by atoms with Gasteiger partial charge in [-0.05, 0) is 18.6 Å². The molecule has 0 saturated heterocycles. The van der Waals surface area contributed by atoms with Gasteiger partial charge in [0, 0.05) is 6.07 Å². The highest BCUT2D eigenvalue weighted by Crippen LogP contribution is 2.19. The Morgan fingerprint density at radius 1 is 1.46 bits per heavy atom. The molecule has 1 aromatic rings. The minimum Gasteiger partial charge on any atom is -0.499 e. The van der Waals surface area contributed by atoms with Gasteiger partial charge in [0.2, 0.25) is 11.2 Å². The first-order valence-corrected chi connectivity index (χ1v) is 3.50. The lowest BCUT2D eigenvalue weighted by Gasteiger charge is -1.86. The van der Waals surface area contributed by atoms with Crippen LogP contribution in [-0.2, 0) is 0 Å². The maximum atomic E-state index is 11.0. The third kappa shape index (κ3) is 1.81. The van der Waals surface area contributed by atoms with Crippen LogP contribution in [0.15, 0.2) is 23.0 Å². The topological polar surface area (TPSA) is 80.4 Å². The Labute approximate surface area is 73.4 Å². The molecule has 68 valence electrons. The molecule has 13 heavy (non-hydrogen) atoms. The number of hydrogen-bond acceptors (Lipinski definition) is 4. The number of nitrogens with zero attached hydrogens (tertiary/aromatic N) is 1. The SMILES string of the molecule is Cc1ccc([N+](=O)[O-])c(O)c(=O)c1. The molecule has 0 bridgehead atoms. The van der Waals surface area contributed by atoms with E-state index < -0.39 is 21.8 Å². The zero-order valence-electron chi connectivity index (χ0n) is 6.85. The summed E-state index contributed by atoms with van der Waals surface area (Å²) in [5.74, 6) is -0.821. The van der Waals surface area contributed by atoms with E-state index in [1.165, 1.54) is 6.07 Å². The first-order chi connectivity index (χ1) is 6.02. The van der Waals surface area contributed by atoms with E-state index in [0.29, 0.717) is 5.56 Å². The molecule has 1 rings (SSSR count). The molecule has 0 aliphatic heterocycles. The van der Waals surface area contributed by atoms with Gasteiger partial charge in [-0.1, -0.05) is 6.07 Å². The molecular formula is C8H7NO4. The van der Waals surface area contributed by atoms with Crippen molar-refractivity contribution in [3.8, 4) is 5.75 Å². The summed E-state index contributed by atoms with van der Waals surface area (Å²) in [6, 6.07) is 3.65. The molecule has 0 fully saturated rings. The highest BCUT2D eigenvalue weighted by atomic mass is 16.6. The van der Waals surface area contributed by atoms with Crippen LogP contribution < -0.4 is 5.43 Å².